The molecule has 0 atom stereocenters. The molecule has 6 aromatic rings. The number of benzene rings is 4. The fraction of sp³-hybridized carbons (Fsp3) is 0.167. The van der Waals surface area contributed by atoms with Crippen LogP contribution in [0, 0.1) is 5.82 Å². The highest BCUT2D eigenvalue weighted by atomic mass is 35.5. The van der Waals surface area contributed by atoms with E-state index in [4.69, 9.17) is 16.0 Å². The van der Waals surface area contributed by atoms with Crippen LogP contribution < -0.4 is 5.32 Å². The summed E-state index contributed by atoms with van der Waals surface area (Å²) in [5, 5.41) is 4.83. The number of carbonyl (C=O) groups is 2. The molecule has 6 rings (SSSR count). The summed E-state index contributed by atoms with van der Waals surface area (Å²) in [6, 6.07) is 25.0. The third-order valence-electron chi connectivity index (χ3n) is 8.15. The first-order valence-electron chi connectivity index (χ1n) is 14.1. The van der Waals surface area contributed by atoms with Crippen molar-refractivity contribution in [3.8, 4) is 22.5 Å². The molecule has 2 heterocycles. The van der Waals surface area contributed by atoms with Gasteiger partial charge in [-0.1, -0.05) is 55.8 Å². The van der Waals surface area contributed by atoms with Gasteiger partial charge in [0.1, 0.15) is 17.2 Å². The summed E-state index contributed by atoms with van der Waals surface area (Å²) in [5.74, 6) is -0.271. The number of furan rings is 1. The van der Waals surface area contributed by atoms with E-state index in [1.54, 1.807) is 19.2 Å². The smallest absolute Gasteiger partial charge is 0.255 e. The summed E-state index contributed by atoms with van der Waals surface area (Å²) >= 11 is 6.07. The van der Waals surface area contributed by atoms with Gasteiger partial charge >= 0.3 is 0 Å². The number of aromatic nitrogens is 1. The molecule has 0 spiro atoms. The molecule has 2 aromatic heterocycles. The Balaban J connectivity index is 1.39. The van der Waals surface area contributed by atoms with Crippen molar-refractivity contribution in [2.75, 3.05) is 7.05 Å². The molecule has 0 saturated carbocycles. The van der Waals surface area contributed by atoms with E-state index in [0.29, 0.717) is 51.3 Å². The molecule has 0 unspecified atom stereocenters. The fourth-order valence-electron chi connectivity index (χ4n) is 5.64. The van der Waals surface area contributed by atoms with Crippen molar-refractivity contribution >= 4 is 45.2 Å². The molecular weight excluding hydrogens is 563 g/mol. The van der Waals surface area contributed by atoms with Gasteiger partial charge in [0.05, 0.1) is 11.1 Å². The molecule has 0 aliphatic rings. The lowest BCUT2D eigenvalue weighted by atomic mass is 9.79. The SMILES string of the molecule is CNC(=O)c1c(-c2ccc(F)cc2)oc2c1cc(-c1cccc(C(=O)CCC(C)(C)c3ccc(Cl)cc3)c1)c1[nH]ccc12. The van der Waals surface area contributed by atoms with Gasteiger partial charge in [0, 0.05) is 52.2 Å². The van der Waals surface area contributed by atoms with E-state index in [2.05, 4.69) is 24.1 Å². The predicted octanol–water partition coefficient (Wildman–Crippen LogP) is 9.34. The first kappa shape index (κ1) is 28.4. The second-order valence-electron chi connectivity index (χ2n) is 11.4. The quantitative estimate of drug-likeness (QED) is 0.173. The van der Waals surface area contributed by atoms with Crippen molar-refractivity contribution in [2.45, 2.75) is 32.1 Å². The van der Waals surface area contributed by atoms with E-state index in [9.17, 15) is 14.0 Å². The van der Waals surface area contributed by atoms with Gasteiger partial charge in [-0.05, 0) is 77.6 Å². The summed E-state index contributed by atoms with van der Waals surface area (Å²) in [5.41, 5.74) is 5.56. The lowest BCUT2D eigenvalue weighted by Crippen LogP contribution is -2.18. The third kappa shape index (κ3) is 5.35. The molecular formula is C36H30ClFN2O3. The molecule has 0 aliphatic carbocycles. The van der Waals surface area contributed by atoms with Gasteiger partial charge in [-0.25, -0.2) is 4.39 Å². The Morgan fingerprint density at radius 2 is 1.67 bits per heavy atom. The van der Waals surface area contributed by atoms with E-state index in [1.807, 2.05) is 66.9 Å². The number of fused-ring (bicyclic) bond motifs is 3. The van der Waals surface area contributed by atoms with Crippen LogP contribution in [0.1, 0.15) is 53.0 Å². The number of aromatic amines is 1. The van der Waals surface area contributed by atoms with Crippen LogP contribution in [0.15, 0.2) is 95.5 Å². The van der Waals surface area contributed by atoms with Gasteiger partial charge in [0.15, 0.2) is 5.78 Å². The normalized spacial score (nSPS) is 11.7. The second kappa shape index (κ2) is 11.2. The minimum Gasteiger partial charge on any atom is -0.454 e. The molecule has 1 amide bonds. The van der Waals surface area contributed by atoms with Crippen LogP contribution in [0.2, 0.25) is 5.02 Å². The lowest BCUT2D eigenvalue weighted by Gasteiger charge is -2.25. The molecule has 0 saturated heterocycles. The molecule has 2 N–H and O–H groups in total. The first-order valence-corrected chi connectivity index (χ1v) is 14.5. The van der Waals surface area contributed by atoms with E-state index >= 15 is 0 Å². The minimum absolute atomic E-state index is 0.0562. The molecule has 5 nitrogen and oxygen atoms in total. The van der Waals surface area contributed by atoms with E-state index < -0.39 is 0 Å². The standard InChI is InChI=1S/C36H30ClFN2O3/c1-36(2,24-9-11-25(37)12-10-24)17-15-30(41)23-6-4-5-22(19-23)28-20-29-31(35(42)39-3)33(21-7-13-26(38)14-8-21)43-34(29)27-16-18-40-32(27)28/h4-14,16,18-20,40H,15,17H2,1-3H3,(H,39,42). The lowest BCUT2D eigenvalue weighted by molar-refractivity contribution is 0.0959. The summed E-state index contributed by atoms with van der Waals surface area (Å²) in [6.07, 6.45) is 2.89. The van der Waals surface area contributed by atoms with Crippen LogP contribution in [0.25, 0.3) is 44.3 Å². The maximum absolute atomic E-state index is 13.7. The van der Waals surface area contributed by atoms with Crippen molar-refractivity contribution in [3.63, 3.8) is 0 Å². The molecule has 4 aromatic carbocycles. The molecule has 43 heavy (non-hydrogen) atoms. The zero-order valence-corrected chi connectivity index (χ0v) is 24.8. The van der Waals surface area contributed by atoms with Crippen LogP contribution in [-0.2, 0) is 5.41 Å². The zero-order valence-electron chi connectivity index (χ0n) is 24.1. The van der Waals surface area contributed by atoms with E-state index in [0.717, 1.165) is 27.6 Å². The summed E-state index contributed by atoms with van der Waals surface area (Å²) in [7, 11) is 1.56. The Morgan fingerprint density at radius 1 is 0.930 bits per heavy atom. The maximum Gasteiger partial charge on any atom is 0.255 e. The van der Waals surface area contributed by atoms with E-state index in [1.165, 1.54) is 12.1 Å². The number of hydrogen-bond acceptors (Lipinski definition) is 3. The van der Waals surface area contributed by atoms with Gasteiger partial charge < -0.3 is 14.7 Å². The molecule has 7 heteroatoms. The Kier molecular flexibility index (Phi) is 7.40. The average molecular weight is 593 g/mol. The number of Topliss-reactive ketones (excluding diaryl/α,β-unsaturated/α-hetero) is 1. The average Bonchev–Trinajstić information content (AvgIpc) is 3.65. The monoisotopic (exact) mass is 592 g/mol. The summed E-state index contributed by atoms with van der Waals surface area (Å²) < 4.78 is 20.0. The zero-order chi connectivity index (χ0) is 30.3. The first-order chi connectivity index (χ1) is 20.7. The third-order valence-corrected chi connectivity index (χ3v) is 8.41. The van der Waals surface area contributed by atoms with Gasteiger partial charge in [-0.15, -0.1) is 0 Å². The van der Waals surface area contributed by atoms with Crippen molar-refractivity contribution in [1.82, 2.24) is 10.3 Å². The topological polar surface area (TPSA) is 75.1 Å². The Morgan fingerprint density at radius 3 is 2.40 bits per heavy atom. The highest BCUT2D eigenvalue weighted by Gasteiger charge is 2.26. The van der Waals surface area contributed by atoms with Gasteiger partial charge in [0.2, 0.25) is 0 Å². The van der Waals surface area contributed by atoms with Crippen molar-refractivity contribution < 1.29 is 18.4 Å². The largest absolute Gasteiger partial charge is 0.454 e. The number of nitrogens with one attached hydrogen (secondary N) is 2. The van der Waals surface area contributed by atoms with Crippen LogP contribution >= 0.6 is 11.6 Å². The molecule has 216 valence electrons. The van der Waals surface area contributed by atoms with Crippen LogP contribution in [0.3, 0.4) is 0 Å². The molecule has 0 radical (unpaired) electrons. The summed E-state index contributed by atoms with van der Waals surface area (Å²) in [6.45, 7) is 4.26. The van der Waals surface area contributed by atoms with Gasteiger partial charge in [0.25, 0.3) is 5.91 Å². The van der Waals surface area contributed by atoms with Crippen molar-refractivity contribution in [2.24, 2.45) is 0 Å². The Bertz CT molecular complexity index is 1990. The number of amides is 1. The summed E-state index contributed by atoms with van der Waals surface area (Å²) in [4.78, 5) is 29.9. The number of rotatable bonds is 8. The minimum atomic E-state index is -0.375. The van der Waals surface area contributed by atoms with Crippen LogP contribution in [0.4, 0.5) is 4.39 Å². The number of H-pyrrole nitrogens is 1. The van der Waals surface area contributed by atoms with Crippen molar-refractivity contribution in [1.29, 1.82) is 0 Å². The molecule has 0 bridgehead atoms. The van der Waals surface area contributed by atoms with Crippen LogP contribution in [0.5, 0.6) is 0 Å². The highest BCUT2D eigenvalue weighted by molar-refractivity contribution is 6.30. The van der Waals surface area contributed by atoms with Gasteiger partial charge in [-0.3, -0.25) is 9.59 Å². The molecule has 0 aliphatic heterocycles. The Hall–Kier alpha value is -4.68. The maximum atomic E-state index is 13.7. The van der Waals surface area contributed by atoms with Crippen LogP contribution in [-0.4, -0.2) is 23.7 Å². The predicted molar refractivity (Wildman–Crippen MR) is 170 cm³/mol. The number of ketones is 1. The molecule has 0 fully saturated rings. The van der Waals surface area contributed by atoms with E-state index in [-0.39, 0.29) is 22.9 Å². The number of carbonyl (C=O) groups excluding carboxylic acids is 2. The van der Waals surface area contributed by atoms with Gasteiger partial charge in [-0.2, -0.15) is 0 Å². The number of halogens is 2. The Labute approximate surface area is 253 Å². The fourth-order valence-corrected chi connectivity index (χ4v) is 5.76. The van der Waals surface area contributed by atoms with Crippen molar-refractivity contribution in [3.05, 3.63) is 119 Å². The second-order valence-corrected chi connectivity index (χ2v) is 11.8. The number of hydrogen-bond donors (Lipinski definition) is 2. The highest BCUT2D eigenvalue weighted by Crippen LogP contribution is 2.41.